The molecule has 0 radical (unpaired) electrons. The van der Waals surface area contributed by atoms with Crippen molar-refractivity contribution in [2.45, 2.75) is 249 Å². The number of ether oxygens (including phenoxy) is 8. The van der Waals surface area contributed by atoms with Crippen molar-refractivity contribution in [3.63, 3.8) is 0 Å². The molecule has 0 aromatic carbocycles. The molecule has 2 unspecified atom stereocenters. The van der Waals surface area contributed by atoms with Crippen molar-refractivity contribution >= 4 is 47.8 Å². The number of hydrogen-bond donors (Lipinski definition) is 0. The van der Waals surface area contributed by atoms with E-state index in [1.165, 1.54) is 27.7 Å². The highest BCUT2D eigenvalue weighted by Gasteiger charge is 2.42. The summed E-state index contributed by atoms with van der Waals surface area (Å²) in [6.07, 6.45) is -16.4. The summed E-state index contributed by atoms with van der Waals surface area (Å²) in [5.41, 5.74) is -6.08. The fourth-order valence-corrected chi connectivity index (χ4v) is 5.54. The van der Waals surface area contributed by atoms with Crippen LogP contribution in [0.2, 0.25) is 0 Å². The summed E-state index contributed by atoms with van der Waals surface area (Å²) in [7, 11) is 0. The molecule has 0 saturated heterocycles. The summed E-state index contributed by atoms with van der Waals surface area (Å²) >= 11 is 0. The fourth-order valence-electron chi connectivity index (χ4n) is 5.54. The normalized spacial score (nSPS) is 13.3. The molecular formula is C54H88F12O16. The summed E-state index contributed by atoms with van der Waals surface area (Å²) in [5, 5.41) is 0. The molecule has 82 heavy (non-hydrogen) atoms. The molecule has 0 aromatic heterocycles. The molecule has 0 aliphatic rings. The molecule has 16 nitrogen and oxygen atoms in total. The van der Waals surface area contributed by atoms with Crippen LogP contribution in [0.5, 0.6) is 0 Å². The summed E-state index contributed by atoms with van der Waals surface area (Å²) < 4.78 is 181. The molecule has 484 valence electrons. The molecule has 0 amide bonds. The van der Waals surface area contributed by atoms with Crippen LogP contribution >= 0.6 is 0 Å². The zero-order chi connectivity index (χ0) is 65.7. The van der Waals surface area contributed by atoms with E-state index in [-0.39, 0.29) is 24.7 Å². The second-order valence-electron chi connectivity index (χ2n) is 21.8. The van der Waals surface area contributed by atoms with E-state index in [0.29, 0.717) is 51.4 Å². The van der Waals surface area contributed by atoms with Crippen LogP contribution in [-0.4, -0.2) is 121 Å². The predicted octanol–water partition coefficient (Wildman–Crippen LogP) is 13.7. The van der Waals surface area contributed by atoms with Crippen molar-refractivity contribution in [2.75, 3.05) is 26.4 Å². The maximum Gasteiger partial charge on any atom is 0.422 e. The van der Waals surface area contributed by atoms with Gasteiger partial charge < -0.3 is 37.9 Å². The van der Waals surface area contributed by atoms with Gasteiger partial charge in [0.2, 0.25) is 0 Å². The number of halogens is 12. The van der Waals surface area contributed by atoms with Gasteiger partial charge in [-0.3, -0.25) is 38.4 Å². The Labute approximate surface area is 473 Å². The van der Waals surface area contributed by atoms with Crippen LogP contribution in [-0.2, 0) is 76.3 Å². The van der Waals surface area contributed by atoms with Crippen molar-refractivity contribution in [1.82, 2.24) is 0 Å². The van der Waals surface area contributed by atoms with Gasteiger partial charge in [-0.15, -0.1) is 0 Å². The van der Waals surface area contributed by atoms with E-state index in [1.807, 2.05) is 20.8 Å². The van der Waals surface area contributed by atoms with E-state index >= 15 is 0 Å². The predicted molar refractivity (Wildman–Crippen MR) is 273 cm³/mol. The minimum atomic E-state index is -4.57. The maximum atomic E-state index is 12.2. The third kappa shape index (κ3) is 40.2. The highest BCUT2D eigenvalue weighted by molar-refractivity contribution is 5.79. The van der Waals surface area contributed by atoms with Crippen LogP contribution in [0.25, 0.3) is 0 Å². The summed E-state index contributed by atoms with van der Waals surface area (Å²) in [5.74, 6) is -6.74. The van der Waals surface area contributed by atoms with Crippen LogP contribution in [0.3, 0.4) is 0 Å². The molecule has 0 heterocycles. The first-order valence-corrected chi connectivity index (χ1v) is 26.6. The molecule has 0 aromatic rings. The van der Waals surface area contributed by atoms with E-state index in [4.69, 9.17) is 18.9 Å². The molecule has 0 spiro atoms. The van der Waals surface area contributed by atoms with Gasteiger partial charge in [-0.25, -0.2) is 0 Å². The largest absolute Gasteiger partial charge is 0.459 e. The summed E-state index contributed by atoms with van der Waals surface area (Å²) in [4.78, 5) is 93.1. The number of rotatable bonds is 28. The van der Waals surface area contributed by atoms with Crippen molar-refractivity contribution in [1.29, 1.82) is 0 Å². The van der Waals surface area contributed by atoms with Gasteiger partial charge in [-0.05, 0) is 107 Å². The van der Waals surface area contributed by atoms with Gasteiger partial charge in [0.25, 0.3) is 0 Å². The minimum Gasteiger partial charge on any atom is -0.459 e. The average molecular weight is 1220 g/mol. The van der Waals surface area contributed by atoms with E-state index in [0.717, 1.165) is 0 Å². The number of carbonyl (C=O) groups is 8. The highest BCUT2D eigenvalue weighted by Crippen LogP contribution is 2.33. The molecule has 0 N–H and O–H groups in total. The first-order valence-electron chi connectivity index (χ1n) is 26.6. The minimum absolute atomic E-state index is 0.316. The van der Waals surface area contributed by atoms with Crippen LogP contribution in [0.4, 0.5) is 52.7 Å². The molecule has 2 atom stereocenters. The van der Waals surface area contributed by atoms with Gasteiger partial charge in [0.05, 0.1) is 48.3 Å². The third-order valence-corrected chi connectivity index (χ3v) is 12.5. The Kier molecular flexibility index (Phi) is 36.5. The summed E-state index contributed by atoms with van der Waals surface area (Å²) in [6, 6.07) is 0. The SMILES string of the molecule is CCC(C)(C)C(=O)OC(C)(C)CC(=O)OCC(F)(F)F.CCC(C)C(=O)OC(C)(C)CC(=O)OCC(F)(F)F.CCC(C)C(=O)OC(CC)(CC)CC(=O)OCC(F)(F)F.CCC(CC)(CC(=O)OCC(F)(F)F)OC(=O)C(C)(C)CC. The lowest BCUT2D eigenvalue weighted by Gasteiger charge is -2.34. The van der Waals surface area contributed by atoms with Crippen molar-refractivity contribution in [3.8, 4) is 0 Å². The average Bonchev–Trinajstić information content (AvgIpc) is 3.34. The fraction of sp³-hybridized carbons (Fsp3) is 0.852. The van der Waals surface area contributed by atoms with E-state index in [9.17, 15) is 91.0 Å². The second kappa shape index (κ2) is 35.9. The van der Waals surface area contributed by atoms with Crippen LogP contribution in [0.15, 0.2) is 0 Å². The Hall–Kier alpha value is -5.08. The van der Waals surface area contributed by atoms with Crippen LogP contribution in [0.1, 0.15) is 202 Å². The molecule has 0 bridgehead atoms. The lowest BCUT2D eigenvalue weighted by atomic mass is 9.88. The standard InChI is InChI=1S/C15H25F3O4.C14H23F3O4.C13H21F3O4.C12H19F3O4/c1-6-13(4,5)12(20)22-14(7-2,8-3)9-11(19)21-10-15(16,17)18;1-5-10(4)12(19)21-13(6-2,7-3)8-11(18)20-9-14(15,16)17;1-6-11(2,3)10(18)20-12(4,5)7-9(17)19-8-13(14,15)16;1-5-8(2)10(17)19-11(3,4)6-9(16)18-7-12(13,14)15/h6-10H2,1-5H3;10H,5-9H2,1-4H3;6-8H2,1-5H3;8H,5-7H2,1-4H3. The molecule has 0 rings (SSSR count). The molecule has 0 saturated carbocycles. The smallest absolute Gasteiger partial charge is 0.422 e. The van der Waals surface area contributed by atoms with Gasteiger partial charge in [-0.1, -0.05) is 69.2 Å². The number of alkyl halides is 12. The lowest BCUT2D eigenvalue weighted by Crippen LogP contribution is -2.41. The Morgan fingerprint density at radius 2 is 0.561 bits per heavy atom. The summed E-state index contributed by atoms with van der Waals surface area (Å²) in [6.45, 7) is 23.5. The van der Waals surface area contributed by atoms with Crippen molar-refractivity contribution in [3.05, 3.63) is 0 Å². The van der Waals surface area contributed by atoms with Gasteiger partial charge in [0.1, 0.15) is 22.4 Å². The molecular weight excluding hydrogens is 1130 g/mol. The Balaban J connectivity index is -0.000000495. The van der Waals surface area contributed by atoms with Crippen molar-refractivity contribution in [2.24, 2.45) is 22.7 Å². The molecule has 0 fully saturated rings. The third-order valence-electron chi connectivity index (χ3n) is 12.5. The van der Waals surface area contributed by atoms with E-state index < -0.39 is 145 Å². The van der Waals surface area contributed by atoms with Crippen LogP contribution in [0, 0.1) is 22.7 Å². The van der Waals surface area contributed by atoms with Gasteiger partial charge in [0.15, 0.2) is 26.4 Å². The topological polar surface area (TPSA) is 210 Å². The van der Waals surface area contributed by atoms with E-state index in [2.05, 4.69) is 18.9 Å². The van der Waals surface area contributed by atoms with Gasteiger partial charge >= 0.3 is 72.5 Å². The Morgan fingerprint density at radius 1 is 0.329 bits per heavy atom. The zero-order valence-electron chi connectivity index (χ0n) is 50.5. The van der Waals surface area contributed by atoms with Crippen molar-refractivity contribution < 1.29 is 129 Å². The zero-order valence-corrected chi connectivity index (χ0v) is 50.5. The lowest BCUT2D eigenvalue weighted by molar-refractivity contribution is -0.193. The highest BCUT2D eigenvalue weighted by atomic mass is 19.4. The maximum absolute atomic E-state index is 12.2. The number of hydrogen-bond acceptors (Lipinski definition) is 16. The Morgan fingerprint density at radius 3 is 0.805 bits per heavy atom. The molecule has 0 aliphatic carbocycles. The number of carbonyl (C=O) groups excluding carboxylic acids is 8. The van der Waals surface area contributed by atoms with E-state index in [1.54, 1.807) is 76.2 Å². The van der Waals surface area contributed by atoms with Gasteiger partial charge in [0, 0.05) is 0 Å². The monoisotopic (exact) mass is 1220 g/mol. The first kappa shape index (κ1) is 83.4. The number of esters is 8. The first-order chi connectivity index (χ1) is 36.8. The van der Waals surface area contributed by atoms with Gasteiger partial charge in [-0.2, -0.15) is 52.7 Å². The van der Waals surface area contributed by atoms with Crippen LogP contribution < -0.4 is 0 Å². The Bertz CT molecular complexity index is 1970. The molecule has 0 aliphatic heterocycles. The quantitative estimate of drug-likeness (QED) is 0.0405. The molecule has 28 heteroatoms. The second-order valence-corrected chi connectivity index (χ2v) is 21.8.